The molecule has 0 heterocycles. The molecule has 0 radical (unpaired) electrons. The minimum Gasteiger partial charge on any atom is -0.462 e. The average molecular weight is 367 g/mol. The smallest absolute Gasteiger partial charge is 0.338 e. The zero-order valence-corrected chi connectivity index (χ0v) is 14.7. The first-order valence-corrected chi connectivity index (χ1v) is 8.20. The molecule has 2 rings (SSSR count). The molecule has 2 N–H and O–H groups in total. The van der Waals surface area contributed by atoms with Crippen LogP contribution in [0.3, 0.4) is 0 Å². The quantitative estimate of drug-likeness (QED) is 0.446. The van der Waals surface area contributed by atoms with Gasteiger partial charge in [-0.25, -0.2) is 9.18 Å². The average Bonchev–Trinajstić information content (AvgIpc) is 2.67. The summed E-state index contributed by atoms with van der Waals surface area (Å²) in [6, 6.07) is 14.1. The fraction of sp³-hybridized carbons (Fsp3) is 0.150. The van der Waals surface area contributed by atoms with E-state index in [4.69, 9.17) is 10.00 Å². The van der Waals surface area contributed by atoms with Crippen LogP contribution in [0.4, 0.5) is 10.1 Å². The lowest BCUT2D eigenvalue weighted by Crippen LogP contribution is -2.17. The Labute approximate surface area is 156 Å². The number of nitriles is 1. The number of ether oxygens (including phenoxy) is 1. The number of halogens is 1. The Hall–Kier alpha value is -3.66. The maximum Gasteiger partial charge on any atom is 0.338 e. The van der Waals surface area contributed by atoms with Gasteiger partial charge < -0.3 is 15.4 Å². The van der Waals surface area contributed by atoms with E-state index in [1.54, 1.807) is 31.2 Å². The predicted molar refractivity (Wildman–Crippen MR) is 98.0 cm³/mol. The molecule has 0 atom stereocenters. The van der Waals surface area contributed by atoms with E-state index in [-0.39, 0.29) is 24.5 Å². The second-order valence-corrected chi connectivity index (χ2v) is 5.39. The zero-order chi connectivity index (χ0) is 19.6. The Kier molecular flexibility index (Phi) is 7.08. The summed E-state index contributed by atoms with van der Waals surface area (Å²) in [7, 11) is 0. The monoisotopic (exact) mass is 367 g/mol. The molecule has 0 aliphatic carbocycles. The fourth-order valence-electron chi connectivity index (χ4n) is 2.16. The van der Waals surface area contributed by atoms with Crippen LogP contribution in [-0.4, -0.2) is 18.5 Å². The van der Waals surface area contributed by atoms with Crippen LogP contribution < -0.4 is 10.6 Å². The van der Waals surface area contributed by atoms with Crippen molar-refractivity contribution in [2.45, 2.75) is 13.5 Å². The standard InChI is InChI=1S/C20H18FN3O3/c1-2-27-20(26)14-7-9-17(10-8-14)24-19(25)16(11-22)13-23-12-15-5-3-4-6-18(15)21/h3-10,13,23H,2,12H2,1H3,(H,24,25)/b16-13-. The van der Waals surface area contributed by atoms with Crippen molar-refractivity contribution in [3.63, 3.8) is 0 Å². The van der Waals surface area contributed by atoms with Crippen LogP contribution in [0.25, 0.3) is 0 Å². The van der Waals surface area contributed by atoms with Gasteiger partial charge in [0.05, 0.1) is 12.2 Å². The second-order valence-electron chi connectivity index (χ2n) is 5.39. The molecule has 0 saturated heterocycles. The lowest BCUT2D eigenvalue weighted by Gasteiger charge is -2.07. The van der Waals surface area contributed by atoms with Crippen molar-refractivity contribution in [1.29, 1.82) is 5.26 Å². The maximum atomic E-state index is 13.5. The Bertz CT molecular complexity index is 886. The maximum absolute atomic E-state index is 13.5. The number of esters is 1. The molecule has 6 nitrogen and oxygen atoms in total. The minimum atomic E-state index is -0.623. The summed E-state index contributed by atoms with van der Waals surface area (Å²) < 4.78 is 18.4. The van der Waals surface area contributed by atoms with Crippen LogP contribution in [0.1, 0.15) is 22.8 Å². The molecular weight excluding hydrogens is 349 g/mol. The van der Waals surface area contributed by atoms with Gasteiger partial charge in [0.1, 0.15) is 17.5 Å². The Morgan fingerprint density at radius 1 is 1.19 bits per heavy atom. The van der Waals surface area contributed by atoms with E-state index in [2.05, 4.69) is 10.6 Å². The number of nitrogens with one attached hydrogen (secondary N) is 2. The number of anilines is 1. The highest BCUT2D eigenvalue weighted by Crippen LogP contribution is 2.12. The molecular formula is C20H18FN3O3. The van der Waals surface area contributed by atoms with Gasteiger partial charge in [0.15, 0.2) is 0 Å². The van der Waals surface area contributed by atoms with Crippen molar-refractivity contribution >= 4 is 17.6 Å². The van der Waals surface area contributed by atoms with Crippen LogP contribution in [0.15, 0.2) is 60.3 Å². The van der Waals surface area contributed by atoms with Gasteiger partial charge in [-0.3, -0.25) is 4.79 Å². The molecule has 27 heavy (non-hydrogen) atoms. The van der Waals surface area contributed by atoms with E-state index in [1.165, 1.54) is 36.5 Å². The highest BCUT2D eigenvalue weighted by atomic mass is 19.1. The predicted octanol–water partition coefficient (Wildman–Crippen LogP) is 3.14. The molecule has 2 aromatic rings. The number of benzene rings is 2. The number of carbonyl (C=O) groups is 2. The Balaban J connectivity index is 1.97. The molecule has 0 bridgehead atoms. The first kappa shape index (κ1) is 19.7. The van der Waals surface area contributed by atoms with Gasteiger partial charge in [0.25, 0.3) is 5.91 Å². The molecule has 0 fully saturated rings. The van der Waals surface area contributed by atoms with E-state index in [0.29, 0.717) is 16.8 Å². The molecule has 2 aromatic carbocycles. The van der Waals surface area contributed by atoms with Gasteiger partial charge in [-0.2, -0.15) is 5.26 Å². The van der Waals surface area contributed by atoms with Gasteiger partial charge in [0, 0.05) is 24.0 Å². The summed E-state index contributed by atoms with van der Waals surface area (Å²) in [5.41, 5.74) is 1.03. The Morgan fingerprint density at radius 3 is 2.52 bits per heavy atom. The highest BCUT2D eigenvalue weighted by Gasteiger charge is 2.11. The van der Waals surface area contributed by atoms with E-state index in [0.717, 1.165) is 0 Å². The number of hydrogen-bond acceptors (Lipinski definition) is 5. The van der Waals surface area contributed by atoms with Gasteiger partial charge in [-0.05, 0) is 37.3 Å². The number of rotatable bonds is 7. The summed E-state index contributed by atoms with van der Waals surface area (Å²) in [6.45, 7) is 2.12. The third kappa shape index (κ3) is 5.68. The molecule has 7 heteroatoms. The van der Waals surface area contributed by atoms with Crippen LogP contribution in [0.5, 0.6) is 0 Å². The summed E-state index contributed by atoms with van der Waals surface area (Å²) >= 11 is 0. The first-order valence-electron chi connectivity index (χ1n) is 8.20. The van der Waals surface area contributed by atoms with Crippen molar-refractivity contribution in [3.05, 3.63) is 77.2 Å². The van der Waals surface area contributed by atoms with Crippen molar-refractivity contribution in [3.8, 4) is 6.07 Å². The SMILES string of the molecule is CCOC(=O)c1ccc(NC(=O)/C(C#N)=C\NCc2ccccc2F)cc1. The molecule has 138 valence electrons. The van der Waals surface area contributed by atoms with E-state index >= 15 is 0 Å². The number of hydrogen-bond donors (Lipinski definition) is 2. The summed E-state index contributed by atoms with van der Waals surface area (Å²) in [5.74, 6) is -1.45. The molecule has 0 unspecified atom stereocenters. The number of amides is 1. The van der Waals surface area contributed by atoms with Crippen LogP contribution >= 0.6 is 0 Å². The summed E-state index contributed by atoms with van der Waals surface area (Å²) in [6.07, 6.45) is 1.23. The van der Waals surface area contributed by atoms with Gasteiger partial charge in [0.2, 0.25) is 0 Å². The van der Waals surface area contributed by atoms with Crippen molar-refractivity contribution in [2.75, 3.05) is 11.9 Å². The van der Waals surface area contributed by atoms with Crippen molar-refractivity contribution in [1.82, 2.24) is 5.32 Å². The Morgan fingerprint density at radius 2 is 1.89 bits per heavy atom. The number of carbonyl (C=O) groups excluding carboxylic acids is 2. The lowest BCUT2D eigenvalue weighted by molar-refractivity contribution is -0.112. The van der Waals surface area contributed by atoms with Gasteiger partial charge in [-0.1, -0.05) is 18.2 Å². The normalized spacial score (nSPS) is 10.6. The largest absolute Gasteiger partial charge is 0.462 e. The van der Waals surface area contributed by atoms with Crippen LogP contribution in [-0.2, 0) is 16.1 Å². The van der Waals surface area contributed by atoms with Crippen LogP contribution in [0.2, 0.25) is 0 Å². The fourth-order valence-corrected chi connectivity index (χ4v) is 2.16. The number of nitrogens with zero attached hydrogens (tertiary/aromatic N) is 1. The molecule has 0 saturated carbocycles. The summed E-state index contributed by atoms with van der Waals surface area (Å²) in [5, 5.41) is 14.5. The van der Waals surface area contributed by atoms with E-state index in [9.17, 15) is 14.0 Å². The molecule has 0 aliphatic rings. The van der Waals surface area contributed by atoms with E-state index < -0.39 is 11.9 Å². The van der Waals surface area contributed by atoms with Crippen molar-refractivity contribution < 1.29 is 18.7 Å². The van der Waals surface area contributed by atoms with Crippen molar-refractivity contribution in [2.24, 2.45) is 0 Å². The lowest BCUT2D eigenvalue weighted by atomic mass is 10.2. The van der Waals surface area contributed by atoms with Gasteiger partial charge >= 0.3 is 5.97 Å². The highest BCUT2D eigenvalue weighted by molar-refractivity contribution is 6.06. The second kappa shape index (κ2) is 9.73. The molecule has 1 amide bonds. The van der Waals surface area contributed by atoms with E-state index in [1.807, 2.05) is 0 Å². The molecule has 0 spiro atoms. The zero-order valence-electron chi connectivity index (χ0n) is 14.7. The molecule has 0 aliphatic heterocycles. The summed E-state index contributed by atoms with van der Waals surface area (Å²) in [4.78, 5) is 23.8. The third-order valence-corrected chi connectivity index (χ3v) is 3.52. The topological polar surface area (TPSA) is 91.2 Å². The third-order valence-electron chi connectivity index (χ3n) is 3.52. The first-order chi connectivity index (χ1) is 13.0. The minimum absolute atomic E-state index is 0.138. The molecule has 0 aromatic heterocycles. The van der Waals surface area contributed by atoms with Crippen LogP contribution in [0, 0.1) is 17.1 Å². The van der Waals surface area contributed by atoms with Gasteiger partial charge in [-0.15, -0.1) is 0 Å².